The lowest BCUT2D eigenvalue weighted by Crippen LogP contribution is -2.46. The topological polar surface area (TPSA) is 83.2 Å². The molecule has 0 aliphatic carbocycles. The minimum absolute atomic E-state index is 0.614. The number of nitrogens with one attached hydrogen (secondary N) is 1. The lowest BCUT2D eigenvalue weighted by molar-refractivity contribution is 0.224. The monoisotopic (exact) mass is 317 g/mol. The number of piperazine rings is 1. The van der Waals surface area contributed by atoms with Crippen LogP contribution >= 0.6 is 0 Å². The average Bonchev–Trinajstić information content (AvgIpc) is 2.93. The van der Waals surface area contributed by atoms with Gasteiger partial charge in [0.05, 0.1) is 6.54 Å². The predicted octanol–water partition coefficient (Wildman–Crippen LogP) is 1.23. The lowest BCUT2D eigenvalue weighted by atomic mass is 10.3. The van der Waals surface area contributed by atoms with E-state index in [2.05, 4.69) is 42.2 Å². The molecule has 0 unspecified atom stereocenters. The number of hydrogen-bond donors (Lipinski definition) is 1. The van der Waals surface area contributed by atoms with Gasteiger partial charge in [0, 0.05) is 51.4 Å². The zero-order valence-corrected chi connectivity index (χ0v) is 13.9. The van der Waals surface area contributed by atoms with Crippen molar-refractivity contribution >= 4 is 11.8 Å². The second kappa shape index (κ2) is 6.91. The molecule has 0 saturated carbocycles. The van der Waals surface area contributed by atoms with Crippen LogP contribution in [0.4, 0.5) is 11.8 Å². The fraction of sp³-hybridized carbons (Fsp3) is 0.600. The van der Waals surface area contributed by atoms with E-state index < -0.39 is 0 Å². The second-order valence-corrected chi connectivity index (χ2v) is 5.70. The van der Waals surface area contributed by atoms with E-state index in [1.165, 1.54) is 0 Å². The van der Waals surface area contributed by atoms with Crippen molar-refractivity contribution in [2.75, 3.05) is 42.9 Å². The van der Waals surface area contributed by atoms with E-state index in [0.29, 0.717) is 18.3 Å². The summed E-state index contributed by atoms with van der Waals surface area (Å²) < 4.78 is 5.45. The van der Waals surface area contributed by atoms with Gasteiger partial charge in [-0.2, -0.15) is 4.98 Å². The number of hydrogen-bond acceptors (Lipinski definition) is 8. The first-order valence-electron chi connectivity index (χ1n) is 8.00. The molecule has 1 aliphatic rings. The lowest BCUT2D eigenvalue weighted by Gasteiger charge is -2.34. The molecule has 0 aromatic carbocycles. The van der Waals surface area contributed by atoms with Gasteiger partial charge in [0.15, 0.2) is 0 Å². The summed E-state index contributed by atoms with van der Waals surface area (Å²) in [5, 5.41) is 11.2. The summed E-state index contributed by atoms with van der Waals surface area (Å²) in [5.41, 5.74) is 0.981. The summed E-state index contributed by atoms with van der Waals surface area (Å²) in [5.74, 6) is 2.98. The van der Waals surface area contributed by atoms with Crippen LogP contribution in [0.3, 0.4) is 0 Å². The highest BCUT2D eigenvalue weighted by Crippen LogP contribution is 2.16. The van der Waals surface area contributed by atoms with Crippen molar-refractivity contribution in [3.05, 3.63) is 23.5 Å². The summed E-state index contributed by atoms with van der Waals surface area (Å²) >= 11 is 0. The van der Waals surface area contributed by atoms with Gasteiger partial charge in [-0.15, -0.1) is 10.2 Å². The Hall–Kier alpha value is -2.22. The van der Waals surface area contributed by atoms with E-state index >= 15 is 0 Å². The molecule has 0 bridgehead atoms. The Labute approximate surface area is 135 Å². The summed E-state index contributed by atoms with van der Waals surface area (Å²) in [6.07, 6.45) is 0. The smallest absolute Gasteiger partial charge is 0.230 e. The van der Waals surface area contributed by atoms with Crippen LogP contribution in [0.2, 0.25) is 0 Å². The van der Waals surface area contributed by atoms with Gasteiger partial charge in [-0.25, -0.2) is 4.98 Å². The van der Waals surface area contributed by atoms with E-state index in [1.807, 2.05) is 19.9 Å². The first-order chi connectivity index (χ1) is 11.1. The van der Waals surface area contributed by atoms with E-state index in [4.69, 9.17) is 4.42 Å². The molecule has 2 aromatic heterocycles. The van der Waals surface area contributed by atoms with Crippen LogP contribution in [-0.4, -0.2) is 57.8 Å². The molecule has 3 rings (SSSR count). The Morgan fingerprint density at radius 1 is 1.13 bits per heavy atom. The van der Waals surface area contributed by atoms with Crippen molar-refractivity contribution in [2.45, 2.75) is 27.3 Å². The first-order valence-corrected chi connectivity index (χ1v) is 8.00. The molecule has 1 saturated heterocycles. The van der Waals surface area contributed by atoms with Crippen LogP contribution in [0, 0.1) is 13.8 Å². The average molecular weight is 317 g/mol. The third-order valence-electron chi connectivity index (χ3n) is 3.78. The van der Waals surface area contributed by atoms with Crippen LogP contribution in [0.1, 0.15) is 24.4 Å². The zero-order valence-electron chi connectivity index (χ0n) is 13.9. The minimum atomic E-state index is 0.614. The highest BCUT2D eigenvalue weighted by Gasteiger charge is 2.21. The summed E-state index contributed by atoms with van der Waals surface area (Å²) in [7, 11) is 0. The zero-order chi connectivity index (χ0) is 16.2. The largest absolute Gasteiger partial charge is 0.424 e. The normalized spacial score (nSPS) is 15.9. The molecule has 8 heteroatoms. The van der Waals surface area contributed by atoms with Crippen molar-refractivity contribution in [1.82, 2.24) is 25.1 Å². The Morgan fingerprint density at radius 3 is 2.57 bits per heavy atom. The van der Waals surface area contributed by atoms with Crippen LogP contribution < -0.4 is 10.2 Å². The molecule has 8 nitrogen and oxygen atoms in total. The third-order valence-corrected chi connectivity index (χ3v) is 3.78. The van der Waals surface area contributed by atoms with Crippen LogP contribution in [0.15, 0.2) is 10.5 Å². The maximum absolute atomic E-state index is 5.45. The van der Waals surface area contributed by atoms with Crippen LogP contribution in [0.5, 0.6) is 0 Å². The third kappa shape index (κ3) is 3.95. The minimum Gasteiger partial charge on any atom is -0.424 e. The summed E-state index contributed by atoms with van der Waals surface area (Å²) in [6, 6.07) is 1.97. The summed E-state index contributed by atoms with van der Waals surface area (Å²) in [4.78, 5) is 13.7. The maximum atomic E-state index is 5.45. The van der Waals surface area contributed by atoms with E-state index in [-0.39, 0.29) is 0 Å². The standard InChI is InChI=1S/C15H23N7O/c1-4-16-13-9-11(2)17-15(18-13)22-7-5-21(6-8-22)10-14-20-19-12(3)23-14/h9H,4-8,10H2,1-3H3,(H,16,17,18). The fourth-order valence-electron chi connectivity index (χ4n) is 2.66. The van der Waals surface area contributed by atoms with E-state index in [0.717, 1.165) is 50.2 Å². The Kier molecular flexibility index (Phi) is 4.71. The van der Waals surface area contributed by atoms with Gasteiger partial charge in [0.25, 0.3) is 0 Å². The summed E-state index contributed by atoms with van der Waals surface area (Å²) in [6.45, 7) is 11.1. The van der Waals surface area contributed by atoms with Gasteiger partial charge in [-0.1, -0.05) is 0 Å². The van der Waals surface area contributed by atoms with Crippen molar-refractivity contribution < 1.29 is 4.42 Å². The fourth-order valence-corrected chi connectivity index (χ4v) is 2.66. The predicted molar refractivity (Wildman–Crippen MR) is 87.5 cm³/mol. The first kappa shape index (κ1) is 15.7. The maximum Gasteiger partial charge on any atom is 0.230 e. The molecule has 2 aromatic rings. The molecule has 1 fully saturated rings. The second-order valence-electron chi connectivity index (χ2n) is 5.70. The molecule has 0 spiro atoms. The number of aromatic nitrogens is 4. The molecule has 0 radical (unpaired) electrons. The molecule has 1 N–H and O–H groups in total. The molecular formula is C15H23N7O. The number of nitrogens with zero attached hydrogens (tertiary/aromatic N) is 6. The van der Waals surface area contributed by atoms with Gasteiger partial charge in [-0.3, -0.25) is 4.90 Å². The van der Waals surface area contributed by atoms with Crippen molar-refractivity contribution in [1.29, 1.82) is 0 Å². The Balaban J connectivity index is 1.60. The molecule has 1 aliphatic heterocycles. The van der Waals surface area contributed by atoms with Gasteiger partial charge in [-0.05, 0) is 13.8 Å². The van der Waals surface area contributed by atoms with Crippen LogP contribution in [0.25, 0.3) is 0 Å². The number of aryl methyl sites for hydroxylation is 2. The highest BCUT2D eigenvalue weighted by molar-refractivity contribution is 5.43. The van der Waals surface area contributed by atoms with Crippen molar-refractivity contribution in [3.63, 3.8) is 0 Å². The van der Waals surface area contributed by atoms with Gasteiger partial charge < -0.3 is 14.6 Å². The molecule has 0 atom stereocenters. The van der Waals surface area contributed by atoms with Gasteiger partial charge >= 0.3 is 0 Å². The van der Waals surface area contributed by atoms with Crippen LogP contribution in [-0.2, 0) is 6.54 Å². The van der Waals surface area contributed by atoms with E-state index in [1.54, 1.807) is 0 Å². The van der Waals surface area contributed by atoms with Crippen molar-refractivity contribution in [3.8, 4) is 0 Å². The SMILES string of the molecule is CCNc1cc(C)nc(N2CCN(Cc3nnc(C)o3)CC2)n1. The van der Waals surface area contributed by atoms with Gasteiger partial charge in [0.1, 0.15) is 5.82 Å². The van der Waals surface area contributed by atoms with E-state index in [9.17, 15) is 0 Å². The number of anilines is 2. The van der Waals surface area contributed by atoms with Gasteiger partial charge in [0.2, 0.25) is 17.7 Å². The molecule has 3 heterocycles. The molecule has 124 valence electrons. The van der Waals surface area contributed by atoms with Crippen molar-refractivity contribution in [2.24, 2.45) is 0 Å². The highest BCUT2D eigenvalue weighted by atomic mass is 16.4. The molecule has 23 heavy (non-hydrogen) atoms. The molecular weight excluding hydrogens is 294 g/mol. The quantitative estimate of drug-likeness (QED) is 0.881. The Bertz CT molecular complexity index is 649. The number of rotatable bonds is 5. The Morgan fingerprint density at radius 2 is 1.91 bits per heavy atom. The molecule has 0 amide bonds.